The van der Waals surface area contributed by atoms with E-state index < -0.39 is 80.9 Å². The first-order valence-electron chi connectivity index (χ1n) is 6.13. The predicted octanol–water partition coefficient (Wildman–Crippen LogP) is 3.65. The Morgan fingerprint density at radius 2 is 1.08 bits per heavy atom. The topological polar surface area (TPSA) is 40.1 Å². The minimum atomic E-state index is -5.63. The molecule has 26 heavy (non-hydrogen) atoms. The number of benzene rings is 2. The lowest BCUT2D eigenvalue weighted by Gasteiger charge is -2.17. The summed E-state index contributed by atoms with van der Waals surface area (Å²) in [6.07, 6.45) is -6.51. The summed E-state index contributed by atoms with van der Waals surface area (Å²) in [5.41, 5.74) is -2.23. The normalized spacial score (nSPS) is 12.8. The Bertz CT molecular complexity index is 975. The van der Waals surface area contributed by atoms with Crippen LogP contribution in [0.25, 0.3) is 16.5 Å². The molecule has 0 aliphatic rings. The zero-order valence-corrected chi connectivity index (χ0v) is 11.7. The average molecular weight is 391 g/mol. The first kappa shape index (κ1) is 19.5. The van der Waals surface area contributed by atoms with Gasteiger partial charge in [-0.1, -0.05) is 5.76 Å². The van der Waals surface area contributed by atoms with Crippen molar-refractivity contribution in [1.82, 2.24) is 0 Å². The summed E-state index contributed by atoms with van der Waals surface area (Å²) >= 11 is 0. The highest BCUT2D eigenvalue weighted by molar-refractivity contribution is 6.00. The van der Waals surface area contributed by atoms with E-state index in [1.807, 2.05) is 0 Å². The summed E-state index contributed by atoms with van der Waals surface area (Å²) in [5.74, 6) is -23.4. The maximum Gasteiger partial charge on any atom is 0.454 e. The molecule has 0 aliphatic carbocycles. The first-order chi connectivity index (χ1) is 11.8. The summed E-state index contributed by atoms with van der Waals surface area (Å²) < 4.78 is 131. The molecule has 0 aliphatic heterocycles. The molecular weight excluding hydrogens is 390 g/mol. The first-order valence-corrected chi connectivity index (χ1v) is 6.13. The van der Waals surface area contributed by atoms with Crippen LogP contribution in [-0.4, -0.2) is 12.0 Å². The van der Waals surface area contributed by atoms with Crippen LogP contribution >= 0.6 is 0 Å². The summed E-state index contributed by atoms with van der Waals surface area (Å²) in [5, 5.41) is 7.38. The molecule has 0 N–H and O–H groups in total. The maximum atomic E-state index is 14.1. The zero-order valence-electron chi connectivity index (χ0n) is 11.7. The summed E-state index contributed by atoms with van der Waals surface area (Å²) in [6, 6.07) is 0. The second-order valence-corrected chi connectivity index (χ2v) is 4.69. The quantitative estimate of drug-likeness (QED) is 0.258. The number of carbonyl (C=O) groups excluding carboxylic acids is 1. The monoisotopic (exact) mass is 391 g/mol. The van der Waals surface area contributed by atoms with E-state index in [-0.39, 0.29) is 0 Å². The Labute approximate surface area is 135 Å². The smallest absolute Gasteiger partial charge is 0.454 e. The summed E-state index contributed by atoms with van der Waals surface area (Å²) in [6.45, 7) is 0. The SMILES string of the molecule is O=C(/C=C(\[O-])c1c(F)c(F)c2c(F)c(F)c(F)c(F)c2c1F)C(F)(F)F. The summed E-state index contributed by atoms with van der Waals surface area (Å²) in [7, 11) is 0. The molecular formula is C14HF10O2-. The summed E-state index contributed by atoms with van der Waals surface area (Å²) in [4.78, 5) is 10.7. The van der Waals surface area contributed by atoms with Gasteiger partial charge in [-0.2, -0.15) is 13.2 Å². The molecule has 2 rings (SSSR count). The molecule has 140 valence electrons. The van der Waals surface area contributed by atoms with Gasteiger partial charge < -0.3 is 5.11 Å². The van der Waals surface area contributed by atoms with Gasteiger partial charge in [-0.05, 0) is 6.08 Å². The molecule has 0 fully saturated rings. The lowest BCUT2D eigenvalue weighted by atomic mass is 10.0. The molecule has 2 nitrogen and oxygen atoms in total. The van der Waals surface area contributed by atoms with Gasteiger partial charge in [-0.25, -0.2) is 30.7 Å². The van der Waals surface area contributed by atoms with Crippen LogP contribution in [0, 0.1) is 40.7 Å². The Balaban J connectivity index is 2.95. The van der Waals surface area contributed by atoms with Crippen molar-refractivity contribution in [1.29, 1.82) is 0 Å². The minimum Gasteiger partial charge on any atom is -0.872 e. The number of allylic oxidation sites excluding steroid dienone is 1. The molecule has 2 aromatic carbocycles. The molecule has 0 atom stereocenters. The lowest BCUT2D eigenvalue weighted by molar-refractivity contribution is -0.245. The van der Waals surface area contributed by atoms with Crippen molar-refractivity contribution in [3.63, 3.8) is 0 Å². The van der Waals surface area contributed by atoms with Crippen LogP contribution in [0.3, 0.4) is 0 Å². The van der Waals surface area contributed by atoms with Gasteiger partial charge in [0.1, 0.15) is 5.82 Å². The van der Waals surface area contributed by atoms with Crippen molar-refractivity contribution in [2.45, 2.75) is 6.18 Å². The molecule has 0 unspecified atom stereocenters. The van der Waals surface area contributed by atoms with Crippen molar-refractivity contribution in [3.05, 3.63) is 52.4 Å². The molecule has 0 saturated heterocycles. The highest BCUT2D eigenvalue weighted by atomic mass is 19.4. The van der Waals surface area contributed by atoms with Crippen molar-refractivity contribution in [2.75, 3.05) is 0 Å². The third kappa shape index (κ3) is 2.84. The van der Waals surface area contributed by atoms with Crippen LogP contribution < -0.4 is 5.11 Å². The molecule has 12 heteroatoms. The molecule has 0 spiro atoms. The fraction of sp³-hybridized carbons (Fsp3) is 0.0714. The number of ketones is 1. The highest BCUT2D eigenvalue weighted by Gasteiger charge is 2.37. The minimum absolute atomic E-state index is 0.874. The molecule has 0 radical (unpaired) electrons. The Morgan fingerprint density at radius 3 is 1.50 bits per heavy atom. The standard InChI is InChI=1S/C14H2F10O2/c15-7-4(2(25)1-3(26)14(22,23)24)8(16)9(17)6-5(7)10(18)12(20)13(21)11(6)19/h1,25H/p-1/b2-1-. The number of fused-ring (bicyclic) bond motifs is 1. The van der Waals surface area contributed by atoms with Crippen molar-refractivity contribution in [2.24, 2.45) is 0 Å². The molecule has 0 amide bonds. The van der Waals surface area contributed by atoms with E-state index in [9.17, 15) is 53.8 Å². The van der Waals surface area contributed by atoms with E-state index >= 15 is 0 Å². The Kier molecular flexibility index (Phi) is 4.64. The number of hydrogen-bond acceptors (Lipinski definition) is 2. The van der Waals surface area contributed by atoms with Crippen LogP contribution in [0.4, 0.5) is 43.9 Å². The van der Waals surface area contributed by atoms with Crippen LogP contribution in [0.2, 0.25) is 0 Å². The van der Waals surface area contributed by atoms with Crippen LogP contribution in [-0.2, 0) is 4.79 Å². The molecule has 0 saturated carbocycles. The van der Waals surface area contributed by atoms with Gasteiger partial charge in [0, 0.05) is 5.56 Å². The van der Waals surface area contributed by atoms with Crippen molar-refractivity contribution < 1.29 is 53.8 Å². The Morgan fingerprint density at radius 1 is 0.692 bits per heavy atom. The Hall–Kier alpha value is -2.79. The van der Waals surface area contributed by atoms with Crippen LogP contribution in [0.5, 0.6) is 0 Å². The second kappa shape index (κ2) is 6.18. The van der Waals surface area contributed by atoms with E-state index in [1.54, 1.807) is 0 Å². The van der Waals surface area contributed by atoms with E-state index in [4.69, 9.17) is 0 Å². The van der Waals surface area contributed by atoms with E-state index in [0.29, 0.717) is 0 Å². The molecule has 0 bridgehead atoms. The maximum absolute atomic E-state index is 14.1. The van der Waals surface area contributed by atoms with Gasteiger partial charge in [0.25, 0.3) is 5.78 Å². The third-order valence-electron chi connectivity index (χ3n) is 3.13. The van der Waals surface area contributed by atoms with Gasteiger partial charge in [0.2, 0.25) is 0 Å². The highest BCUT2D eigenvalue weighted by Crippen LogP contribution is 2.36. The zero-order chi connectivity index (χ0) is 20.1. The third-order valence-corrected chi connectivity index (χ3v) is 3.13. The number of halogens is 10. The van der Waals surface area contributed by atoms with E-state index in [0.717, 1.165) is 0 Å². The molecule has 0 heterocycles. The average Bonchev–Trinajstić information content (AvgIpc) is 2.53. The molecule has 2 aromatic rings. The van der Waals surface area contributed by atoms with Crippen LogP contribution in [0.1, 0.15) is 5.56 Å². The van der Waals surface area contributed by atoms with Gasteiger partial charge >= 0.3 is 6.18 Å². The van der Waals surface area contributed by atoms with Gasteiger partial charge in [0.05, 0.1) is 10.8 Å². The van der Waals surface area contributed by atoms with Crippen molar-refractivity contribution >= 4 is 22.3 Å². The second-order valence-electron chi connectivity index (χ2n) is 4.69. The number of alkyl halides is 3. The van der Waals surface area contributed by atoms with Crippen molar-refractivity contribution in [3.8, 4) is 0 Å². The number of carbonyl (C=O) groups is 1. The number of rotatable bonds is 2. The lowest BCUT2D eigenvalue weighted by Crippen LogP contribution is -2.22. The predicted molar refractivity (Wildman–Crippen MR) is 62.7 cm³/mol. The van der Waals surface area contributed by atoms with Gasteiger partial charge in [0.15, 0.2) is 34.9 Å². The van der Waals surface area contributed by atoms with Crippen LogP contribution in [0.15, 0.2) is 6.08 Å². The van der Waals surface area contributed by atoms with E-state index in [2.05, 4.69) is 0 Å². The van der Waals surface area contributed by atoms with Gasteiger partial charge in [-0.15, -0.1) is 0 Å². The van der Waals surface area contributed by atoms with Gasteiger partial charge in [-0.3, -0.25) is 4.79 Å². The van der Waals surface area contributed by atoms with E-state index in [1.165, 1.54) is 0 Å². The fourth-order valence-electron chi connectivity index (χ4n) is 1.97. The largest absolute Gasteiger partial charge is 0.872 e. The number of hydrogen-bond donors (Lipinski definition) is 0. The fourth-order valence-corrected chi connectivity index (χ4v) is 1.97. The molecule has 0 aromatic heterocycles.